The Labute approximate surface area is 201 Å². The predicted molar refractivity (Wildman–Crippen MR) is 137 cm³/mol. The number of rotatable bonds is 2. The lowest BCUT2D eigenvalue weighted by Gasteiger charge is -2.29. The molecule has 0 unspecified atom stereocenters. The summed E-state index contributed by atoms with van der Waals surface area (Å²) < 4.78 is 16.2. The summed E-state index contributed by atoms with van der Waals surface area (Å²) >= 11 is 0. The lowest BCUT2D eigenvalue weighted by Crippen LogP contribution is -2.40. The van der Waals surface area contributed by atoms with Crippen LogP contribution in [0.5, 0.6) is 0 Å². The van der Waals surface area contributed by atoms with Gasteiger partial charge in [0.05, 0.1) is 12.2 Å². The first-order valence-electron chi connectivity index (χ1n) is 13.0. The molecular formula is C30H33FN2O. The molecule has 0 atom stereocenters. The van der Waals surface area contributed by atoms with E-state index in [4.69, 9.17) is 0 Å². The maximum absolute atomic E-state index is 13.8. The summed E-state index contributed by atoms with van der Waals surface area (Å²) in [5.74, 6) is 0.618. The van der Waals surface area contributed by atoms with Gasteiger partial charge in [0.2, 0.25) is 0 Å². The lowest BCUT2D eigenvalue weighted by molar-refractivity contribution is -0.128. The van der Waals surface area contributed by atoms with Crippen LogP contribution < -0.4 is 0 Å². The molecule has 0 spiro atoms. The third-order valence-electron chi connectivity index (χ3n) is 8.13. The fourth-order valence-corrected chi connectivity index (χ4v) is 6.37. The first-order chi connectivity index (χ1) is 16.6. The minimum absolute atomic E-state index is 0.0586. The first kappa shape index (κ1) is 21.6. The van der Waals surface area contributed by atoms with Crippen molar-refractivity contribution in [3.8, 4) is 11.3 Å². The molecule has 6 rings (SSSR count). The van der Waals surface area contributed by atoms with Gasteiger partial charge in [-0.15, -0.1) is 0 Å². The van der Waals surface area contributed by atoms with Gasteiger partial charge in [0.25, 0.3) is 5.91 Å². The van der Waals surface area contributed by atoms with Crippen LogP contribution in [-0.4, -0.2) is 34.6 Å². The van der Waals surface area contributed by atoms with E-state index in [0.717, 1.165) is 11.1 Å². The van der Waals surface area contributed by atoms with E-state index >= 15 is 0 Å². The molecule has 4 heteroatoms. The van der Waals surface area contributed by atoms with E-state index in [1.165, 1.54) is 65.4 Å². The fourth-order valence-electron chi connectivity index (χ4n) is 6.37. The molecule has 0 N–H and O–H groups in total. The van der Waals surface area contributed by atoms with Crippen molar-refractivity contribution in [2.75, 3.05) is 13.1 Å². The van der Waals surface area contributed by atoms with Gasteiger partial charge in [0.15, 0.2) is 0 Å². The van der Waals surface area contributed by atoms with E-state index in [2.05, 4.69) is 60.0 Å². The number of benzene rings is 2. The van der Waals surface area contributed by atoms with E-state index in [-0.39, 0.29) is 5.91 Å². The van der Waals surface area contributed by atoms with Crippen molar-refractivity contribution in [1.82, 2.24) is 9.47 Å². The third kappa shape index (κ3) is 3.68. The SMILES string of the molecule is Cc1ccc2c(C3CCCCC3)c3n(c2c1)CC(C(=O)N1CCC(F)CC1)=Cc1ccccc1-3. The van der Waals surface area contributed by atoms with Crippen LogP contribution in [0.15, 0.2) is 48.0 Å². The number of halogens is 1. The predicted octanol–water partition coefficient (Wildman–Crippen LogP) is 7.02. The molecular weight excluding hydrogens is 423 g/mol. The number of hydrogen-bond donors (Lipinski definition) is 0. The molecule has 176 valence electrons. The van der Waals surface area contributed by atoms with Crippen molar-refractivity contribution in [3.05, 3.63) is 64.7 Å². The summed E-state index contributed by atoms with van der Waals surface area (Å²) in [5.41, 5.74) is 8.38. The lowest BCUT2D eigenvalue weighted by atomic mass is 9.81. The zero-order valence-corrected chi connectivity index (χ0v) is 20.0. The van der Waals surface area contributed by atoms with Crippen molar-refractivity contribution in [2.45, 2.75) is 70.5 Å². The molecule has 1 saturated carbocycles. The van der Waals surface area contributed by atoms with Crippen molar-refractivity contribution >= 4 is 22.9 Å². The van der Waals surface area contributed by atoms with Crippen molar-refractivity contribution in [3.63, 3.8) is 0 Å². The van der Waals surface area contributed by atoms with Crippen LogP contribution in [0, 0.1) is 6.92 Å². The summed E-state index contributed by atoms with van der Waals surface area (Å²) in [4.78, 5) is 15.5. The van der Waals surface area contributed by atoms with Crippen LogP contribution in [0.3, 0.4) is 0 Å². The Hall–Kier alpha value is -2.88. The van der Waals surface area contributed by atoms with Crippen molar-refractivity contribution in [2.24, 2.45) is 0 Å². The van der Waals surface area contributed by atoms with Crippen LogP contribution in [0.1, 0.15) is 67.6 Å². The minimum atomic E-state index is -0.783. The van der Waals surface area contributed by atoms with E-state index in [1.54, 1.807) is 0 Å². The summed E-state index contributed by atoms with van der Waals surface area (Å²) in [5, 5.41) is 1.34. The normalized spacial score (nSPS) is 19.5. The van der Waals surface area contributed by atoms with Gasteiger partial charge in [-0.25, -0.2) is 4.39 Å². The Morgan fingerprint density at radius 1 is 0.971 bits per heavy atom. The maximum Gasteiger partial charge on any atom is 0.251 e. The highest BCUT2D eigenvalue weighted by Gasteiger charge is 2.31. The number of piperidine rings is 1. The van der Waals surface area contributed by atoms with E-state index in [9.17, 15) is 9.18 Å². The maximum atomic E-state index is 13.8. The second-order valence-corrected chi connectivity index (χ2v) is 10.4. The molecule has 0 bridgehead atoms. The monoisotopic (exact) mass is 456 g/mol. The third-order valence-corrected chi connectivity index (χ3v) is 8.13. The zero-order valence-electron chi connectivity index (χ0n) is 20.0. The minimum Gasteiger partial charge on any atom is -0.339 e. The van der Waals surface area contributed by atoms with Crippen molar-refractivity contribution < 1.29 is 9.18 Å². The van der Waals surface area contributed by atoms with Gasteiger partial charge < -0.3 is 9.47 Å². The summed E-state index contributed by atoms with van der Waals surface area (Å²) in [6.45, 7) is 3.72. The van der Waals surface area contributed by atoms with E-state index in [0.29, 0.717) is 38.4 Å². The first-order valence-corrected chi connectivity index (χ1v) is 13.0. The second kappa shape index (κ2) is 8.72. The van der Waals surface area contributed by atoms with Crippen LogP contribution in [-0.2, 0) is 11.3 Å². The Morgan fingerprint density at radius 2 is 1.74 bits per heavy atom. The zero-order chi connectivity index (χ0) is 23.2. The molecule has 3 nitrogen and oxygen atoms in total. The number of hydrogen-bond acceptors (Lipinski definition) is 1. The highest BCUT2D eigenvalue weighted by atomic mass is 19.1. The van der Waals surface area contributed by atoms with Gasteiger partial charge in [-0.05, 0) is 67.4 Å². The molecule has 1 amide bonds. The number of amides is 1. The number of aryl methyl sites for hydroxylation is 1. The molecule has 2 aliphatic heterocycles. The topological polar surface area (TPSA) is 25.2 Å². The van der Waals surface area contributed by atoms with Crippen LogP contribution in [0.4, 0.5) is 4.39 Å². The Kier molecular flexibility index (Phi) is 5.55. The average Bonchev–Trinajstić information content (AvgIpc) is 3.06. The Bertz CT molecular complexity index is 1270. The second-order valence-electron chi connectivity index (χ2n) is 10.4. The van der Waals surface area contributed by atoms with Gasteiger partial charge in [0.1, 0.15) is 6.17 Å². The van der Waals surface area contributed by atoms with Crippen molar-refractivity contribution in [1.29, 1.82) is 0 Å². The number of likely N-dealkylation sites (tertiary alicyclic amines) is 1. The molecule has 3 aliphatic rings. The Balaban J connectivity index is 1.54. The number of carbonyl (C=O) groups is 1. The molecule has 1 aliphatic carbocycles. The fraction of sp³-hybridized carbons (Fsp3) is 0.433. The summed E-state index contributed by atoms with van der Waals surface area (Å²) in [7, 11) is 0. The van der Waals surface area contributed by atoms with Crippen LogP contribution in [0.2, 0.25) is 0 Å². The summed E-state index contributed by atoms with van der Waals surface area (Å²) in [6, 6.07) is 15.4. The quantitative estimate of drug-likeness (QED) is 0.407. The number of carbonyl (C=O) groups excluding carboxylic acids is 1. The molecule has 0 radical (unpaired) electrons. The molecule has 2 aromatic carbocycles. The van der Waals surface area contributed by atoms with E-state index in [1.807, 2.05) is 4.90 Å². The van der Waals surface area contributed by atoms with Crippen LogP contribution >= 0.6 is 0 Å². The molecule has 1 saturated heterocycles. The molecule has 34 heavy (non-hydrogen) atoms. The van der Waals surface area contributed by atoms with Gasteiger partial charge in [-0.3, -0.25) is 4.79 Å². The highest BCUT2D eigenvalue weighted by Crippen LogP contribution is 2.46. The Morgan fingerprint density at radius 3 is 2.53 bits per heavy atom. The number of alkyl halides is 1. The average molecular weight is 457 g/mol. The number of nitrogens with zero attached hydrogens (tertiary/aromatic N) is 2. The molecule has 2 fully saturated rings. The molecule has 3 aromatic rings. The van der Waals surface area contributed by atoms with Crippen LogP contribution in [0.25, 0.3) is 28.2 Å². The molecule has 3 heterocycles. The standard InChI is InChI=1S/C30H33FN2O/c1-20-11-12-26-27(17-20)33-19-23(30(34)32-15-13-24(31)14-16-32)18-22-9-5-6-10-25(22)29(33)28(26)21-7-3-2-4-8-21/h5-6,9-12,17-18,21,24H,2-4,7-8,13-16,19H2,1H3. The number of fused-ring (bicyclic) bond motifs is 5. The largest absolute Gasteiger partial charge is 0.339 e. The van der Waals surface area contributed by atoms with Gasteiger partial charge >= 0.3 is 0 Å². The molecule has 1 aromatic heterocycles. The smallest absolute Gasteiger partial charge is 0.251 e. The number of aromatic nitrogens is 1. The van der Waals surface area contributed by atoms with Gasteiger partial charge in [-0.1, -0.05) is 55.7 Å². The van der Waals surface area contributed by atoms with Gasteiger partial charge in [0, 0.05) is 35.1 Å². The van der Waals surface area contributed by atoms with E-state index < -0.39 is 6.17 Å². The highest BCUT2D eigenvalue weighted by molar-refractivity contribution is 6.02. The van der Waals surface area contributed by atoms with Gasteiger partial charge in [-0.2, -0.15) is 0 Å². The summed E-state index contributed by atoms with van der Waals surface area (Å²) in [6.07, 6.45) is 8.58.